The third-order valence-corrected chi connectivity index (χ3v) is 14.4. The van der Waals surface area contributed by atoms with Crippen LogP contribution in [0.15, 0.2) is 218 Å². The summed E-state index contributed by atoms with van der Waals surface area (Å²) in [4.78, 5) is 5.87. The fourth-order valence-electron chi connectivity index (χ4n) is 10.6. The van der Waals surface area contributed by atoms with Gasteiger partial charge in [0.15, 0.2) is 0 Å². The van der Waals surface area contributed by atoms with E-state index in [-0.39, 0.29) is 0 Å². The Morgan fingerprint density at radius 3 is 1.33 bits per heavy atom. The number of para-hydroxylation sites is 6. The first-order valence-corrected chi connectivity index (χ1v) is 22.6. The molecule has 14 aromatic rings. The van der Waals surface area contributed by atoms with Gasteiger partial charge in [-0.3, -0.25) is 4.57 Å². The van der Waals surface area contributed by atoms with E-state index < -0.39 is 0 Å². The minimum atomic E-state index is 0.856. The zero-order chi connectivity index (χ0) is 41.9. The van der Waals surface area contributed by atoms with Crippen LogP contribution in [0, 0.1) is 0 Å². The van der Waals surface area contributed by atoms with Crippen molar-refractivity contribution < 1.29 is 0 Å². The predicted molar refractivity (Wildman–Crippen MR) is 271 cm³/mol. The largest absolute Gasteiger partial charge is 0.309 e. The molecule has 298 valence electrons. The molecule has 5 heteroatoms. The topological polar surface area (TPSA) is 27.7 Å². The van der Waals surface area contributed by atoms with Crippen molar-refractivity contribution in [1.82, 2.24) is 18.7 Å². The molecule has 4 nitrogen and oxygen atoms in total. The van der Waals surface area contributed by atoms with Crippen LogP contribution >= 0.6 is 11.3 Å². The van der Waals surface area contributed by atoms with Crippen LogP contribution in [0.25, 0.3) is 125 Å². The van der Waals surface area contributed by atoms with Gasteiger partial charge in [0.05, 0.1) is 50.2 Å². The molecule has 5 heterocycles. The summed E-state index contributed by atoms with van der Waals surface area (Å²) < 4.78 is 9.82. The lowest BCUT2D eigenvalue weighted by atomic mass is 9.94. The van der Waals surface area contributed by atoms with Crippen molar-refractivity contribution in [2.75, 3.05) is 0 Å². The highest BCUT2D eigenvalue weighted by Crippen LogP contribution is 2.45. The zero-order valence-corrected chi connectivity index (χ0v) is 35.3. The van der Waals surface area contributed by atoms with Crippen molar-refractivity contribution in [2.24, 2.45) is 0 Å². The Morgan fingerprint density at radius 1 is 0.328 bits per heavy atom. The standard InChI is InChI=1S/C59H36N4S/c1-8-24-49-40(16-1)41-17-2-9-25-50(41)61(49)38-35-48(60-58(36-38)63-53-28-12-5-20-44(53)45-21-6-13-29-54(45)63)59-39(37-32-33-57-47(34-37)46-22-7-14-31-56(46)64-57)23-15-30-55(59)62-51-26-10-3-18-42(51)43-19-4-11-27-52(43)62/h1-36H. The smallest absolute Gasteiger partial charge is 0.140 e. The molecule has 0 bridgehead atoms. The Kier molecular flexibility index (Phi) is 7.53. The summed E-state index contributed by atoms with van der Waals surface area (Å²) in [6.45, 7) is 0. The molecule has 0 saturated carbocycles. The zero-order valence-electron chi connectivity index (χ0n) is 34.5. The Hall–Kier alpha value is -8.25. The molecule has 5 aromatic heterocycles. The Balaban J connectivity index is 1.15. The van der Waals surface area contributed by atoms with E-state index >= 15 is 0 Å². The second-order valence-electron chi connectivity index (χ2n) is 16.7. The van der Waals surface area contributed by atoms with Gasteiger partial charge in [0.2, 0.25) is 0 Å². The number of aromatic nitrogens is 4. The van der Waals surface area contributed by atoms with Gasteiger partial charge in [-0.2, -0.15) is 0 Å². The fraction of sp³-hybridized carbons (Fsp3) is 0. The average Bonchev–Trinajstić information content (AvgIpc) is 4.10. The van der Waals surface area contributed by atoms with Crippen LogP contribution in [0.3, 0.4) is 0 Å². The number of rotatable bonds is 5. The first-order valence-electron chi connectivity index (χ1n) is 21.8. The van der Waals surface area contributed by atoms with Gasteiger partial charge in [0, 0.05) is 64.1 Å². The van der Waals surface area contributed by atoms with Crippen molar-refractivity contribution in [3.8, 4) is 39.6 Å². The van der Waals surface area contributed by atoms with E-state index in [2.05, 4.69) is 232 Å². The summed E-state index contributed by atoms with van der Waals surface area (Å²) in [6.07, 6.45) is 0. The molecule has 0 saturated heterocycles. The molecule has 0 aliphatic rings. The van der Waals surface area contributed by atoms with Crippen LogP contribution < -0.4 is 0 Å². The summed E-state index contributed by atoms with van der Waals surface area (Å²) >= 11 is 1.85. The lowest BCUT2D eigenvalue weighted by molar-refractivity contribution is 1.06. The average molecular weight is 833 g/mol. The van der Waals surface area contributed by atoms with Gasteiger partial charge in [0.1, 0.15) is 5.82 Å². The highest BCUT2D eigenvalue weighted by Gasteiger charge is 2.24. The SMILES string of the molecule is c1cc(-c2ccc3sc4ccccc4c3c2)c(-c2cc(-n3c4ccccc4c4ccccc43)cc(-n3c4ccccc4c4ccccc43)n2)c(-n2c3ccccc3c3ccccc32)c1. The summed E-state index contributed by atoms with van der Waals surface area (Å²) in [7, 11) is 0. The molecule has 0 aliphatic carbocycles. The first-order chi connectivity index (χ1) is 31.8. The van der Waals surface area contributed by atoms with Crippen LogP contribution in [-0.2, 0) is 0 Å². The van der Waals surface area contributed by atoms with Crippen LogP contribution in [0.4, 0.5) is 0 Å². The lowest BCUT2D eigenvalue weighted by Crippen LogP contribution is -2.05. The minimum Gasteiger partial charge on any atom is -0.309 e. The summed E-state index contributed by atoms with van der Waals surface area (Å²) in [5.74, 6) is 0.856. The van der Waals surface area contributed by atoms with E-state index in [4.69, 9.17) is 4.98 Å². The molecule has 0 amide bonds. The lowest BCUT2D eigenvalue weighted by Gasteiger charge is -2.20. The number of hydrogen-bond donors (Lipinski definition) is 0. The van der Waals surface area contributed by atoms with Crippen LogP contribution in [0.1, 0.15) is 0 Å². The quantitative estimate of drug-likeness (QED) is 0.170. The molecule has 64 heavy (non-hydrogen) atoms. The van der Waals surface area contributed by atoms with Crippen molar-refractivity contribution in [3.63, 3.8) is 0 Å². The van der Waals surface area contributed by atoms with Gasteiger partial charge in [-0.15, -0.1) is 11.3 Å². The molecule has 0 atom stereocenters. The minimum absolute atomic E-state index is 0.856. The Morgan fingerprint density at radius 2 is 0.781 bits per heavy atom. The molecule has 0 unspecified atom stereocenters. The third kappa shape index (κ3) is 5.07. The van der Waals surface area contributed by atoms with Gasteiger partial charge in [0.25, 0.3) is 0 Å². The van der Waals surface area contributed by atoms with Crippen molar-refractivity contribution in [2.45, 2.75) is 0 Å². The highest BCUT2D eigenvalue weighted by atomic mass is 32.1. The molecule has 0 spiro atoms. The monoisotopic (exact) mass is 832 g/mol. The number of fused-ring (bicyclic) bond motifs is 12. The number of benzene rings is 9. The number of nitrogens with zero attached hydrogens (tertiary/aromatic N) is 4. The predicted octanol–water partition coefficient (Wildman–Crippen LogP) is 16.1. The van der Waals surface area contributed by atoms with Gasteiger partial charge >= 0.3 is 0 Å². The van der Waals surface area contributed by atoms with Crippen LogP contribution in [0.2, 0.25) is 0 Å². The molecule has 0 radical (unpaired) electrons. The van der Waals surface area contributed by atoms with Gasteiger partial charge in [-0.05, 0) is 77.9 Å². The summed E-state index contributed by atoms with van der Waals surface area (Å²) in [5, 5.41) is 9.83. The van der Waals surface area contributed by atoms with Crippen LogP contribution in [-0.4, -0.2) is 18.7 Å². The van der Waals surface area contributed by atoms with E-state index in [1.54, 1.807) is 0 Å². The highest BCUT2D eigenvalue weighted by molar-refractivity contribution is 7.25. The van der Waals surface area contributed by atoms with Gasteiger partial charge in [-0.25, -0.2) is 4.98 Å². The van der Waals surface area contributed by atoms with E-state index in [0.717, 1.165) is 72.7 Å². The maximum atomic E-state index is 5.87. The molecule has 0 N–H and O–H groups in total. The van der Waals surface area contributed by atoms with E-state index in [9.17, 15) is 0 Å². The van der Waals surface area contributed by atoms with Gasteiger partial charge in [-0.1, -0.05) is 146 Å². The second kappa shape index (κ2) is 13.6. The second-order valence-corrected chi connectivity index (χ2v) is 17.8. The maximum Gasteiger partial charge on any atom is 0.140 e. The van der Waals surface area contributed by atoms with Gasteiger partial charge < -0.3 is 9.13 Å². The van der Waals surface area contributed by atoms with Crippen molar-refractivity contribution in [3.05, 3.63) is 218 Å². The normalized spacial score (nSPS) is 12.1. The molecular formula is C59H36N4S. The molecular weight excluding hydrogens is 797 g/mol. The van der Waals surface area contributed by atoms with E-state index in [1.807, 2.05) is 11.3 Å². The van der Waals surface area contributed by atoms with E-state index in [0.29, 0.717) is 0 Å². The first kappa shape index (κ1) is 35.4. The molecule has 9 aromatic carbocycles. The Bertz CT molecular complexity index is 3920. The summed E-state index contributed by atoms with van der Waals surface area (Å²) in [6, 6.07) is 79.7. The van der Waals surface area contributed by atoms with E-state index in [1.165, 1.54) is 52.5 Å². The molecule has 14 rings (SSSR count). The molecule has 0 aliphatic heterocycles. The number of hydrogen-bond acceptors (Lipinski definition) is 2. The van der Waals surface area contributed by atoms with Crippen molar-refractivity contribution >= 4 is 96.9 Å². The third-order valence-electron chi connectivity index (χ3n) is 13.3. The van der Waals surface area contributed by atoms with Crippen molar-refractivity contribution in [1.29, 1.82) is 0 Å². The number of thiophene rings is 1. The fourth-order valence-corrected chi connectivity index (χ4v) is 11.6. The molecule has 0 fully saturated rings. The summed E-state index contributed by atoms with van der Waals surface area (Å²) in [5.41, 5.74) is 13.2. The van der Waals surface area contributed by atoms with Crippen LogP contribution in [0.5, 0.6) is 0 Å². The Labute approximate surface area is 371 Å². The number of pyridine rings is 1. The maximum absolute atomic E-state index is 5.87.